The summed E-state index contributed by atoms with van der Waals surface area (Å²) < 4.78 is 5.70. The van der Waals surface area contributed by atoms with Gasteiger partial charge in [-0.3, -0.25) is 15.1 Å². The molecule has 3 aliphatic rings. The molecular formula is C28H39N9O3. The van der Waals surface area contributed by atoms with Crippen LogP contribution in [0.4, 0.5) is 17.5 Å². The number of nitro groups is 1. The van der Waals surface area contributed by atoms with Crippen LogP contribution in [-0.4, -0.2) is 103 Å². The zero-order valence-corrected chi connectivity index (χ0v) is 24.1. The molecule has 12 heteroatoms. The topological polar surface area (TPSA) is 125 Å². The van der Waals surface area contributed by atoms with Crippen LogP contribution in [0.15, 0.2) is 48.0 Å². The molecule has 2 aromatic heterocycles. The molecule has 1 fully saturated rings. The number of aromatic nitrogens is 3. The Morgan fingerprint density at radius 3 is 2.70 bits per heavy atom. The fraction of sp³-hybridized carbons (Fsp3) is 0.536. The average Bonchev–Trinajstić information content (AvgIpc) is 3.46. The van der Waals surface area contributed by atoms with E-state index in [0.717, 1.165) is 48.9 Å². The van der Waals surface area contributed by atoms with Crippen LogP contribution in [0.3, 0.4) is 0 Å². The highest BCUT2D eigenvalue weighted by Gasteiger charge is 2.49. The summed E-state index contributed by atoms with van der Waals surface area (Å²) in [5.41, 5.74) is 2.71. The minimum atomic E-state index is -1.01. The van der Waals surface area contributed by atoms with Gasteiger partial charge in [-0.25, -0.2) is 4.98 Å². The van der Waals surface area contributed by atoms with E-state index in [4.69, 9.17) is 14.7 Å². The lowest BCUT2D eigenvalue weighted by Crippen LogP contribution is -2.57. The van der Waals surface area contributed by atoms with E-state index < -0.39 is 11.6 Å². The lowest BCUT2D eigenvalue weighted by Gasteiger charge is -2.36. The van der Waals surface area contributed by atoms with Gasteiger partial charge in [-0.05, 0) is 85.3 Å². The molecule has 40 heavy (non-hydrogen) atoms. The van der Waals surface area contributed by atoms with Crippen LogP contribution in [0.5, 0.6) is 0 Å². The van der Waals surface area contributed by atoms with Gasteiger partial charge < -0.3 is 30.1 Å². The molecule has 2 aromatic rings. The third-order valence-electron chi connectivity index (χ3n) is 8.37. The van der Waals surface area contributed by atoms with Crippen molar-refractivity contribution in [1.29, 1.82) is 0 Å². The Balaban J connectivity index is 1.45. The van der Waals surface area contributed by atoms with Crippen molar-refractivity contribution in [3.63, 3.8) is 0 Å². The molecule has 1 spiro atoms. The van der Waals surface area contributed by atoms with Crippen LogP contribution in [0.25, 0.3) is 0 Å². The van der Waals surface area contributed by atoms with E-state index in [0.29, 0.717) is 30.4 Å². The van der Waals surface area contributed by atoms with Crippen LogP contribution in [0, 0.1) is 17.0 Å². The Hall–Kier alpha value is -3.61. The molecule has 4 heterocycles. The number of pyridine rings is 1. The predicted molar refractivity (Wildman–Crippen MR) is 154 cm³/mol. The lowest BCUT2D eigenvalue weighted by atomic mass is 9.82. The average molecular weight is 550 g/mol. The van der Waals surface area contributed by atoms with Gasteiger partial charge in [-0.2, -0.15) is 4.98 Å². The summed E-state index contributed by atoms with van der Waals surface area (Å²) in [7, 11) is 9.36. The molecule has 0 amide bonds. The fourth-order valence-electron chi connectivity index (χ4n) is 6.19. The van der Waals surface area contributed by atoms with Crippen molar-refractivity contribution in [3.05, 3.63) is 69.5 Å². The highest BCUT2D eigenvalue weighted by Crippen LogP contribution is 2.47. The van der Waals surface area contributed by atoms with Crippen molar-refractivity contribution in [1.82, 2.24) is 30.1 Å². The maximum Gasteiger partial charge on any atom is 0.255 e. The second-order valence-electron chi connectivity index (χ2n) is 11.4. The fourth-order valence-corrected chi connectivity index (χ4v) is 6.19. The molecule has 0 aromatic carbocycles. The molecule has 0 bridgehead atoms. The van der Waals surface area contributed by atoms with E-state index in [9.17, 15) is 10.1 Å². The number of rotatable bonds is 9. The number of hydrogen-bond acceptors (Lipinski definition) is 11. The Morgan fingerprint density at radius 1 is 1.25 bits per heavy atom. The molecule has 5 rings (SSSR count). The number of nitrogens with zero attached hydrogens (tertiary/aromatic N) is 7. The molecule has 1 saturated heterocycles. The Bertz CT molecular complexity index is 1350. The smallest absolute Gasteiger partial charge is 0.255 e. The van der Waals surface area contributed by atoms with Crippen LogP contribution in [-0.2, 0) is 10.2 Å². The predicted octanol–water partition coefficient (Wildman–Crippen LogP) is 2.30. The summed E-state index contributed by atoms with van der Waals surface area (Å²) in [5, 5.41) is 18.6. The summed E-state index contributed by atoms with van der Waals surface area (Å²) in [6.07, 6.45) is 6.68. The van der Waals surface area contributed by atoms with Gasteiger partial charge in [-0.1, -0.05) is 0 Å². The number of ether oxygens (including phenoxy) is 1. The normalized spacial score (nSPS) is 26.2. The molecule has 0 radical (unpaired) electrons. The van der Waals surface area contributed by atoms with Crippen molar-refractivity contribution in [2.24, 2.45) is 0 Å². The zero-order chi connectivity index (χ0) is 28.7. The van der Waals surface area contributed by atoms with Gasteiger partial charge in [0.1, 0.15) is 17.1 Å². The molecule has 214 valence electrons. The van der Waals surface area contributed by atoms with E-state index >= 15 is 0 Å². The number of nitrogens with one attached hydrogen (secondary N) is 2. The minimum absolute atomic E-state index is 0.0471. The number of aryl methyl sites for hydroxylation is 1. The summed E-state index contributed by atoms with van der Waals surface area (Å²) in [6.45, 7) is 5.46. The van der Waals surface area contributed by atoms with E-state index in [1.165, 1.54) is 0 Å². The zero-order valence-electron chi connectivity index (χ0n) is 24.1. The highest BCUT2D eigenvalue weighted by atomic mass is 16.6. The second-order valence-corrected chi connectivity index (χ2v) is 11.4. The molecular weight excluding hydrogens is 510 g/mol. The first-order chi connectivity index (χ1) is 19.1. The van der Waals surface area contributed by atoms with Gasteiger partial charge in [0.2, 0.25) is 5.95 Å². The van der Waals surface area contributed by atoms with E-state index in [2.05, 4.69) is 38.5 Å². The quantitative estimate of drug-likeness (QED) is 0.354. The molecule has 3 atom stereocenters. The van der Waals surface area contributed by atoms with E-state index in [1.807, 2.05) is 38.1 Å². The second kappa shape index (κ2) is 10.8. The molecule has 1 aliphatic carbocycles. The summed E-state index contributed by atoms with van der Waals surface area (Å²) in [6, 6.07) is 5.04. The molecule has 12 nitrogen and oxygen atoms in total. The highest BCUT2D eigenvalue weighted by molar-refractivity contribution is 5.70. The maximum atomic E-state index is 12.2. The first kappa shape index (κ1) is 27.9. The SMILES string of the molecule is CNC1(CCN(C)C)C=C(OC)C(Nc2nccc(N3CC4(CCN(C)C4)c4nc(C)ccc43)n2)=CC1[N+](=O)[O-]. The number of hydrogen-bond donors (Lipinski definition) is 2. The molecule has 2 N–H and O–H groups in total. The van der Waals surface area contributed by atoms with Gasteiger partial charge >= 0.3 is 0 Å². The standard InChI is InChI=1S/C28H39N9O3/c1-19-7-8-21-25(31-19)27(10-14-35(5)17-27)18-36(21)24-9-12-30-26(33-24)32-20-15-23(37(38)39)28(29-2,11-13-34(3)4)16-22(20)40-6/h7-9,12,15-16,23,29H,10-11,13-14,17-18H2,1-6H3,(H,30,32,33). The van der Waals surface area contributed by atoms with Gasteiger partial charge in [0, 0.05) is 41.4 Å². The number of fused-ring (bicyclic) bond motifs is 2. The van der Waals surface area contributed by atoms with Crippen LogP contribution in [0.2, 0.25) is 0 Å². The number of likely N-dealkylation sites (N-methyl/N-ethyl adjacent to an activating group) is 2. The third-order valence-corrected chi connectivity index (χ3v) is 8.37. The van der Waals surface area contributed by atoms with Crippen LogP contribution >= 0.6 is 0 Å². The van der Waals surface area contributed by atoms with E-state index in [-0.39, 0.29) is 10.3 Å². The lowest BCUT2D eigenvalue weighted by molar-refractivity contribution is -0.519. The van der Waals surface area contributed by atoms with Gasteiger partial charge in [0.25, 0.3) is 6.04 Å². The van der Waals surface area contributed by atoms with Crippen molar-refractivity contribution in [2.75, 3.05) is 71.7 Å². The Morgan fingerprint density at radius 2 is 2.05 bits per heavy atom. The molecule has 0 saturated carbocycles. The van der Waals surface area contributed by atoms with Gasteiger partial charge in [0.05, 0.1) is 24.2 Å². The van der Waals surface area contributed by atoms with Crippen molar-refractivity contribution < 1.29 is 9.66 Å². The summed E-state index contributed by atoms with van der Waals surface area (Å²) >= 11 is 0. The third kappa shape index (κ3) is 5.02. The number of likely N-dealkylation sites (tertiary alicyclic amines) is 1. The maximum absolute atomic E-state index is 12.2. The van der Waals surface area contributed by atoms with Crippen LogP contribution < -0.4 is 15.5 Å². The molecule has 2 aliphatic heterocycles. The number of anilines is 3. The summed E-state index contributed by atoms with van der Waals surface area (Å²) in [5.74, 6) is 1.58. The first-order valence-corrected chi connectivity index (χ1v) is 13.6. The van der Waals surface area contributed by atoms with Crippen molar-refractivity contribution in [3.8, 4) is 0 Å². The Kier molecular flexibility index (Phi) is 7.51. The van der Waals surface area contributed by atoms with Crippen molar-refractivity contribution >= 4 is 17.5 Å². The number of methoxy groups -OCH3 is 1. The minimum Gasteiger partial charge on any atom is -0.495 e. The van der Waals surface area contributed by atoms with Gasteiger partial charge in [-0.15, -0.1) is 0 Å². The van der Waals surface area contributed by atoms with Crippen LogP contribution in [0.1, 0.15) is 24.2 Å². The molecule has 3 unspecified atom stereocenters. The summed E-state index contributed by atoms with van der Waals surface area (Å²) in [4.78, 5) is 32.8. The Labute approximate surface area is 235 Å². The monoisotopic (exact) mass is 549 g/mol. The largest absolute Gasteiger partial charge is 0.495 e. The van der Waals surface area contributed by atoms with E-state index in [1.54, 1.807) is 32.5 Å². The van der Waals surface area contributed by atoms with Gasteiger partial charge in [0.15, 0.2) is 0 Å². The van der Waals surface area contributed by atoms with Crippen molar-refractivity contribution in [2.45, 2.75) is 36.8 Å². The first-order valence-electron chi connectivity index (χ1n) is 13.6.